The van der Waals surface area contributed by atoms with Crippen LogP contribution in [0.4, 0.5) is 0 Å². The average molecular weight is 653 g/mol. The normalized spacial score (nSPS) is 11.9. The highest BCUT2D eigenvalue weighted by atomic mass is 16.3. The van der Waals surface area contributed by atoms with Crippen molar-refractivity contribution in [3.63, 3.8) is 0 Å². The summed E-state index contributed by atoms with van der Waals surface area (Å²) in [6.07, 6.45) is 0. The van der Waals surface area contributed by atoms with Crippen LogP contribution in [0.3, 0.4) is 0 Å². The molecule has 11 aromatic rings. The van der Waals surface area contributed by atoms with Crippen molar-refractivity contribution in [1.29, 1.82) is 0 Å². The lowest BCUT2D eigenvalue weighted by molar-refractivity contribution is 0.667. The van der Waals surface area contributed by atoms with Crippen molar-refractivity contribution in [2.24, 2.45) is 0 Å². The van der Waals surface area contributed by atoms with Gasteiger partial charge in [-0.05, 0) is 72.8 Å². The van der Waals surface area contributed by atoms with Crippen LogP contribution in [0.15, 0.2) is 174 Å². The molecule has 0 unspecified atom stereocenters. The Morgan fingerprint density at radius 1 is 0.392 bits per heavy atom. The predicted molar refractivity (Wildman–Crippen MR) is 209 cm³/mol. The van der Waals surface area contributed by atoms with E-state index in [0.29, 0.717) is 11.4 Å². The van der Waals surface area contributed by atoms with Gasteiger partial charge in [0.2, 0.25) is 0 Å². The molecule has 0 bridgehead atoms. The fourth-order valence-corrected chi connectivity index (χ4v) is 7.85. The van der Waals surface area contributed by atoms with Crippen molar-refractivity contribution in [1.82, 2.24) is 19.1 Å². The highest BCUT2D eigenvalue weighted by molar-refractivity contribution is 6.12. The van der Waals surface area contributed by atoms with Gasteiger partial charge in [0.25, 0.3) is 0 Å². The van der Waals surface area contributed by atoms with E-state index in [1.54, 1.807) is 0 Å². The van der Waals surface area contributed by atoms with Gasteiger partial charge in [0, 0.05) is 49.4 Å². The molecule has 0 aliphatic rings. The monoisotopic (exact) mass is 652 g/mol. The summed E-state index contributed by atoms with van der Waals surface area (Å²) in [6, 6.07) is 59.6. The molecular weight excluding hydrogens is 625 g/mol. The van der Waals surface area contributed by atoms with E-state index < -0.39 is 0 Å². The van der Waals surface area contributed by atoms with Crippen LogP contribution in [0.2, 0.25) is 0 Å². The SMILES string of the molecule is c1ccc(-n2c3ccccc3c3cc(-c4nc(-c5ccc(-n6c7ccccc7c7ccccc76)cc5)c5oc6ccccc6c5n4)ccc32)cc1. The predicted octanol–water partition coefficient (Wildman–Crippen LogP) is 11.9. The van der Waals surface area contributed by atoms with Crippen molar-refractivity contribution in [3.8, 4) is 34.0 Å². The first kappa shape index (κ1) is 27.9. The standard InChI is InChI=1S/C46H28N4O/c1-2-12-31(13-3-1)49-40-20-10-6-16-35(40)37-28-30(24-27-41(37)49)46-47-43(45-44(48-46)36-17-7-11-21-42(36)51-45)29-22-25-32(26-23-29)50-38-18-8-4-14-33(38)34-15-5-9-19-39(34)50/h1-28H. The van der Waals surface area contributed by atoms with Crippen LogP contribution in [-0.2, 0) is 0 Å². The molecule has 4 aromatic heterocycles. The molecule has 5 heteroatoms. The highest BCUT2D eigenvalue weighted by Gasteiger charge is 2.20. The minimum atomic E-state index is 0.661. The number of hydrogen-bond donors (Lipinski definition) is 0. The smallest absolute Gasteiger partial charge is 0.180 e. The second kappa shape index (κ2) is 10.8. The first-order chi connectivity index (χ1) is 25.3. The van der Waals surface area contributed by atoms with Crippen molar-refractivity contribution in [2.75, 3.05) is 0 Å². The molecule has 0 atom stereocenters. The van der Waals surface area contributed by atoms with Crippen molar-refractivity contribution in [3.05, 3.63) is 170 Å². The van der Waals surface area contributed by atoms with Gasteiger partial charge in [-0.25, -0.2) is 9.97 Å². The summed E-state index contributed by atoms with van der Waals surface area (Å²) in [5.41, 5.74) is 11.9. The maximum Gasteiger partial charge on any atom is 0.180 e. The van der Waals surface area contributed by atoms with Crippen molar-refractivity contribution < 1.29 is 4.42 Å². The molecule has 0 aliphatic heterocycles. The van der Waals surface area contributed by atoms with E-state index in [1.807, 2.05) is 18.2 Å². The lowest BCUT2D eigenvalue weighted by atomic mass is 10.1. The van der Waals surface area contributed by atoms with Crippen LogP contribution in [0.5, 0.6) is 0 Å². The van der Waals surface area contributed by atoms with Crippen LogP contribution in [0.1, 0.15) is 0 Å². The molecule has 0 amide bonds. The number of fused-ring (bicyclic) bond motifs is 9. The topological polar surface area (TPSA) is 48.8 Å². The van der Waals surface area contributed by atoms with Gasteiger partial charge in [0.05, 0.1) is 22.1 Å². The lowest BCUT2D eigenvalue weighted by Crippen LogP contribution is -1.96. The van der Waals surface area contributed by atoms with Crippen LogP contribution < -0.4 is 0 Å². The Morgan fingerprint density at radius 3 is 1.57 bits per heavy atom. The molecule has 0 fully saturated rings. The minimum Gasteiger partial charge on any atom is -0.452 e. The summed E-state index contributed by atoms with van der Waals surface area (Å²) in [6.45, 7) is 0. The fourth-order valence-electron chi connectivity index (χ4n) is 7.85. The third kappa shape index (κ3) is 4.15. The quantitative estimate of drug-likeness (QED) is 0.190. The van der Waals surface area contributed by atoms with E-state index in [2.05, 4.69) is 161 Å². The van der Waals surface area contributed by atoms with Gasteiger partial charge in [-0.3, -0.25) is 0 Å². The molecule has 0 aliphatic carbocycles. The summed E-state index contributed by atoms with van der Waals surface area (Å²) in [5, 5.41) is 5.80. The van der Waals surface area contributed by atoms with E-state index in [-0.39, 0.29) is 0 Å². The largest absolute Gasteiger partial charge is 0.452 e. The van der Waals surface area contributed by atoms with Crippen molar-refractivity contribution in [2.45, 2.75) is 0 Å². The zero-order chi connectivity index (χ0) is 33.5. The molecule has 7 aromatic carbocycles. The summed E-state index contributed by atoms with van der Waals surface area (Å²) in [5.74, 6) is 0.661. The second-order valence-electron chi connectivity index (χ2n) is 13.0. The maximum atomic E-state index is 6.49. The Labute approximate surface area is 292 Å². The summed E-state index contributed by atoms with van der Waals surface area (Å²) < 4.78 is 11.2. The Balaban J connectivity index is 1.11. The van der Waals surface area contributed by atoms with E-state index in [9.17, 15) is 0 Å². The Hall–Kier alpha value is -6.98. The molecule has 11 rings (SSSR count). The molecular formula is C46H28N4O. The minimum absolute atomic E-state index is 0.661. The van der Waals surface area contributed by atoms with E-state index in [1.165, 1.54) is 27.2 Å². The maximum absolute atomic E-state index is 6.49. The molecule has 0 radical (unpaired) electrons. The first-order valence-corrected chi connectivity index (χ1v) is 17.2. The van der Waals surface area contributed by atoms with Crippen LogP contribution in [0.25, 0.3) is 99.7 Å². The van der Waals surface area contributed by atoms with Gasteiger partial charge in [-0.15, -0.1) is 0 Å². The number of para-hydroxylation sites is 5. The van der Waals surface area contributed by atoms with Crippen molar-refractivity contribution >= 4 is 65.7 Å². The number of benzene rings is 7. The third-order valence-corrected chi connectivity index (χ3v) is 10.1. The van der Waals surface area contributed by atoms with Gasteiger partial charge >= 0.3 is 0 Å². The van der Waals surface area contributed by atoms with Crippen LogP contribution in [0, 0.1) is 0 Å². The summed E-state index contributed by atoms with van der Waals surface area (Å²) in [4.78, 5) is 10.4. The van der Waals surface area contributed by atoms with Gasteiger partial charge in [-0.2, -0.15) is 0 Å². The second-order valence-corrected chi connectivity index (χ2v) is 13.0. The number of nitrogens with zero attached hydrogens (tertiary/aromatic N) is 4. The van der Waals surface area contributed by atoms with Gasteiger partial charge in [-0.1, -0.05) is 97.1 Å². The van der Waals surface area contributed by atoms with Gasteiger partial charge in [0.1, 0.15) is 16.8 Å². The lowest BCUT2D eigenvalue weighted by Gasteiger charge is -2.10. The number of furan rings is 1. The average Bonchev–Trinajstić information content (AvgIpc) is 3.86. The van der Waals surface area contributed by atoms with E-state index >= 15 is 0 Å². The van der Waals surface area contributed by atoms with Crippen LogP contribution >= 0.6 is 0 Å². The molecule has 0 saturated carbocycles. The van der Waals surface area contributed by atoms with Gasteiger partial charge in [0.15, 0.2) is 11.4 Å². The Morgan fingerprint density at radius 2 is 0.902 bits per heavy atom. The molecule has 0 N–H and O–H groups in total. The molecule has 0 saturated heterocycles. The number of hydrogen-bond acceptors (Lipinski definition) is 3. The van der Waals surface area contributed by atoms with E-state index in [0.717, 1.165) is 61.1 Å². The number of aromatic nitrogens is 4. The molecule has 238 valence electrons. The summed E-state index contributed by atoms with van der Waals surface area (Å²) >= 11 is 0. The Bertz CT molecular complexity index is 3080. The van der Waals surface area contributed by atoms with Crippen LogP contribution in [-0.4, -0.2) is 19.1 Å². The van der Waals surface area contributed by atoms with Gasteiger partial charge < -0.3 is 13.6 Å². The zero-order valence-corrected chi connectivity index (χ0v) is 27.4. The fraction of sp³-hybridized carbons (Fsp3) is 0. The molecule has 51 heavy (non-hydrogen) atoms. The zero-order valence-electron chi connectivity index (χ0n) is 27.4. The molecule has 4 heterocycles. The van der Waals surface area contributed by atoms with E-state index in [4.69, 9.17) is 14.4 Å². The summed E-state index contributed by atoms with van der Waals surface area (Å²) in [7, 11) is 0. The Kier molecular flexibility index (Phi) is 5.89. The molecule has 5 nitrogen and oxygen atoms in total. The first-order valence-electron chi connectivity index (χ1n) is 17.2. The molecule has 0 spiro atoms. The highest BCUT2D eigenvalue weighted by Crippen LogP contribution is 2.39. The third-order valence-electron chi connectivity index (χ3n) is 10.1. The number of rotatable bonds is 4.